The molecular weight excluding hydrogens is 483 g/mol. The van der Waals surface area contributed by atoms with Gasteiger partial charge in [-0.25, -0.2) is 0 Å². The van der Waals surface area contributed by atoms with E-state index in [-0.39, 0.29) is 29.5 Å². The maximum absolute atomic E-state index is 12.2. The molecule has 2 saturated carbocycles. The number of nitrogens with zero attached hydrogens (tertiary/aromatic N) is 2. The van der Waals surface area contributed by atoms with Gasteiger partial charge in [-0.2, -0.15) is 0 Å². The van der Waals surface area contributed by atoms with Crippen molar-refractivity contribution in [2.24, 2.45) is 10.9 Å². The molecule has 28 heavy (non-hydrogen) atoms. The number of guanidine groups is 1. The van der Waals surface area contributed by atoms with Gasteiger partial charge in [-0.3, -0.25) is 9.20 Å². The van der Waals surface area contributed by atoms with Crippen molar-refractivity contribution in [1.29, 1.82) is 0 Å². The summed E-state index contributed by atoms with van der Waals surface area (Å²) in [5.74, 6) is 2.48. The summed E-state index contributed by atoms with van der Waals surface area (Å²) in [5.41, 5.74) is 0.179. The molecule has 0 aromatic heterocycles. The van der Waals surface area contributed by atoms with Gasteiger partial charge >= 0.3 is 0 Å². The molecule has 0 bridgehead atoms. The molecule has 0 aromatic rings. The number of aliphatic imine (C=N–C) groups is 1. The number of nitrogens with one attached hydrogen (secondary N) is 2. The van der Waals surface area contributed by atoms with Crippen LogP contribution in [0.15, 0.2) is 4.99 Å². The van der Waals surface area contributed by atoms with Crippen molar-refractivity contribution >= 4 is 40.7 Å². The average Bonchev–Trinajstić information content (AvgIpc) is 2.66. The van der Waals surface area contributed by atoms with Gasteiger partial charge in [0.25, 0.3) is 0 Å². The van der Waals surface area contributed by atoms with E-state index in [0.717, 1.165) is 56.4 Å². The Hall–Kier alpha value is 0.110. The van der Waals surface area contributed by atoms with Crippen LogP contribution in [0.4, 0.5) is 0 Å². The molecule has 5 atom stereocenters. The highest BCUT2D eigenvalue weighted by atomic mass is 127. The predicted molar refractivity (Wildman–Crippen MR) is 133 cm³/mol. The highest BCUT2D eigenvalue weighted by Crippen LogP contribution is 2.36. The first kappa shape index (κ1) is 26.1. The van der Waals surface area contributed by atoms with Crippen molar-refractivity contribution in [1.82, 2.24) is 15.5 Å². The van der Waals surface area contributed by atoms with Crippen LogP contribution in [0.1, 0.15) is 72.1 Å². The first-order valence-electron chi connectivity index (χ1n) is 11.0. The third-order valence-corrected chi connectivity index (χ3v) is 8.26. The number of rotatable bonds is 7. The molecule has 0 aliphatic heterocycles. The number of hydrogen-bond donors (Lipinski definition) is 2. The molecule has 2 aliphatic rings. The van der Waals surface area contributed by atoms with Gasteiger partial charge in [-0.15, -0.1) is 24.0 Å². The van der Waals surface area contributed by atoms with E-state index in [1.807, 2.05) is 6.92 Å². The molecule has 0 amide bonds. The van der Waals surface area contributed by atoms with Gasteiger partial charge in [0.2, 0.25) is 0 Å². The lowest BCUT2D eigenvalue weighted by atomic mass is 9.75. The lowest BCUT2D eigenvalue weighted by Gasteiger charge is -2.44. The zero-order valence-electron chi connectivity index (χ0n) is 18.6. The Kier molecular flexibility index (Phi) is 11.9. The highest BCUT2D eigenvalue weighted by molar-refractivity contribution is 14.0. The molecule has 5 unspecified atom stereocenters. The van der Waals surface area contributed by atoms with Crippen molar-refractivity contribution in [3.05, 3.63) is 0 Å². The summed E-state index contributed by atoms with van der Waals surface area (Å²) in [6.07, 6.45) is 9.51. The minimum atomic E-state index is -0.684. The van der Waals surface area contributed by atoms with Gasteiger partial charge in [-0.1, -0.05) is 33.1 Å². The first-order chi connectivity index (χ1) is 12.9. The quantitative estimate of drug-likeness (QED) is 0.302. The second kappa shape index (κ2) is 12.7. The van der Waals surface area contributed by atoms with Gasteiger partial charge in [0.15, 0.2) is 5.96 Å². The minimum Gasteiger partial charge on any atom is -0.357 e. The number of likely N-dealkylation sites (N-methyl/N-ethyl adjacent to an activating group) is 1. The smallest absolute Gasteiger partial charge is 0.191 e. The second-order valence-corrected chi connectivity index (χ2v) is 10.8. The molecule has 2 rings (SSSR count). The number of halogens is 1. The number of hydrogen-bond acceptors (Lipinski definition) is 3. The molecule has 0 heterocycles. The summed E-state index contributed by atoms with van der Waals surface area (Å²) in [7, 11) is 3.73. The van der Waals surface area contributed by atoms with Gasteiger partial charge < -0.3 is 15.5 Å². The summed E-state index contributed by atoms with van der Waals surface area (Å²) in [4.78, 5) is 7.43. The first-order valence-corrected chi connectivity index (χ1v) is 12.4. The zero-order valence-corrected chi connectivity index (χ0v) is 21.8. The van der Waals surface area contributed by atoms with Gasteiger partial charge in [0, 0.05) is 39.9 Å². The third kappa shape index (κ3) is 7.42. The molecule has 0 radical (unpaired) electrons. The SMILES string of the molecule is CCNC(=NCC1(N(C)C)CCCC(C)C1)NC1CCCC(S(=O)CC)C1.I. The van der Waals surface area contributed by atoms with Crippen LogP contribution in [0.25, 0.3) is 0 Å². The lowest BCUT2D eigenvalue weighted by molar-refractivity contribution is 0.0844. The fourth-order valence-electron chi connectivity index (χ4n) is 4.81. The molecule has 0 aromatic carbocycles. The molecule has 7 heteroatoms. The second-order valence-electron chi connectivity index (χ2n) is 8.81. The van der Waals surface area contributed by atoms with E-state index in [2.05, 4.69) is 43.5 Å². The Balaban J connectivity index is 0.00000392. The van der Waals surface area contributed by atoms with Gasteiger partial charge in [0.1, 0.15) is 0 Å². The molecule has 5 nitrogen and oxygen atoms in total. The third-order valence-electron chi connectivity index (χ3n) is 6.52. The summed E-state index contributed by atoms with van der Waals surface area (Å²) < 4.78 is 12.2. The summed E-state index contributed by atoms with van der Waals surface area (Å²) >= 11 is 0. The fourth-order valence-corrected chi connectivity index (χ4v) is 6.16. The Labute approximate surface area is 192 Å². The van der Waals surface area contributed by atoms with Crippen molar-refractivity contribution < 1.29 is 4.21 Å². The average molecular weight is 527 g/mol. The van der Waals surface area contributed by atoms with Crippen LogP contribution in [-0.2, 0) is 10.8 Å². The van der Waals surface area contributed by atoms with Crippen LogP contribution in [0.2, 0.25) is 0 Å². The van der Waals surface area contributed by atoms with Gasteiger partial charge in [-0.05, 0) is 59.0 Å². The Bertz CT molecular complexity index is 517. The highest BCUT2D eigenvalue weighted by Gasteiger charge is 2.37. The predicted octanol–water partition coefficient (Wildman–Crippen LogP) is 3.75. The van der Waals surface area contributed by atoms with Crippen LogP contribution >= 0.6 is 24.0 Å². The van der Waals surface area contributed by atoms with E-state index in [1.54, 1.807) is 0 Å². The molecule has 2 N–H and O–H groups in total. The topological polar surface area (TPSA) is 56.7 Å². The molecule has 0 spiro atoms. The van der Waals surface area contributed by atoms with E-state index >= 15 is 0 Å². The van der Waals surface area contributed by atoms with E-state index in [1.165, 1.54) is 25.7 Å². The standard InChI is InChI=1S/C21H42N4OS.HI/c1-6-22-20(24-18-11-8-12-19(14-18)27(26)7-2)23-16-21(25(4)5)13-9-10-17(3)15-21;/h17-19H,6-16H2,1-5H3,(H2,22,23,24);1H. The Morgan fingerprint density at radius 3 is 2.57 bits per heavy atom. The van der Waals surface area contributed by atoms with Gasteiger partial charge in [0.05, 0.1) is 6.54 Å². The normalized spacial score (nSPS) is 32.5. The molecule has 2 fully saturated rings. The van der Waals surface area contributed by atoms with E-state index in [4.69, 9.17) is 4.99 Å². The Morgan fingerprint density at radius 1 is 1.21 bits per heavy atom. The van der Waals surface area contributed by atoms with Crippen LogP contribution < -0.4 is 10.6 Å². The molecule has 0 saturated heterocycles. The monoisotopic (exact) mass is 526 g/mol. The largest absolute Gasteiger partial charge is 0.357 e. The van der Waals surface area contributed by atoms with E-state index in [0.29, 0.717) is 11.3 Å². The van der Waals surface area contributed by atoms with Crippen LogP contribution in [0, 0.1) is 5.92 Å². The van der Waals surface area contributed by atoms with Crippen molar-refractivity contribution in [3.8, 4) is 0 Å². The van der Waals surface area contributed by atoms with E-state index < -0.39 is 10.8 Å². The summed E-state index contributed by atoms with van der Waals surface area (Å²) in [5, 5.41) is 7.44. The zero-order chi connectivity index (χ0) is 19.9. The van der Waals surface area contributed by atoms with Crippen molar-refractivity contribution in [3.63, 3.8) is 0 Å². The lowest BCUT2D eigenvalue weighted by Crippen LogP contribution is -2.52. The van der Waals surface area contributed by atoms with E-state index in [9.17, 15) is 4.21 Å². The molecule has 166 valence electrons. The minimum absolute atomic E-state index is 0. The fraction of sp³-hybridized carbons (Fsp3) is 0.952. The maximum atomic E-state index is 12.2. The van der Waals surface area contributed by atoms with Crippen LogP contribution in [0.5, 0.6) is 0 Å². The molecular formula is C21H43IN4OS. The van der Waals surface area contributed by atoms with Crippen LogP contribution in [-0.4, -0.2) is 64.8 Å². The van der Waals surface area contributed by atoms with Crippen LogP contribution in [0.3, 0.4) is 0 Å². The Morgan fingerprint density at radius 2 is 1.96 bits per heavy atom. The maximum Gasteiger partial charge on any atom is 0.191 e. The summed E-state index contributed by atoms with van der Waals surface area (Å²) in [6, 6.07) is 0.387. The van der Waals surface area contributed by atoms with Crippen molar-refractivity contribution in [2.75, 3.05) is 32.9 Å². The summed E-state index contributed by atoms with van der Waals surface area (Å²) in [6.45, 7) is 8.24. The van der Waals surface area contributed by atoms with Crippen molar-refractivity contribution in [2.45, 2.75) is 89.0 Å². The molecule has 2 aliphatic carbocycles.